The largest absolute Gasteiger partial charge is 0.294 e. The molecular formula is C11H8ClN3O4S. The van der Waals surface area contributed by atoms with E-state index in [4.69, 9.17) is 16.9 Å². The van der Waals surface area contributed by atoms with Gasteiger partial charge in [0, 0.05) is 0 Å². The van der Waals surface area contributed by atoms with E-state index in [1.165, 1.54) is 12.1 Å². The lowest BCUT2D eigenvalue weighted by molar-refractivity contribution is -0.134. The van der Waals surface area contributed by atoms with E-state index in [-0.39, 0.29) is 15.5 Å². The van der Waals surface area contributed by atoms with Crippen LogP contribution in [0.5, 0.6) is 0 Å². The number of amides is 2. The van der Waals surface area contributed by atoms with Gasteiger partial charge in [-0.2, -0.15) is 9.57 Å². The topological polar surface area (TPSA) is 107 Å². The molecule has 0 saturated carbocycles. The lowest BCUT2D eigenvalue weighted by atomic mass is 10.2. The van der Waals surface area contributed by atoms with Gasteiger partial charge in [-0.3, -0.25) is 14.9 Å². The Morgan fingerprint density at radius 2 is 1.85 bits per heavy atom. The number of halogens is 1. The molecule has 0 atom stereocenters. The molecule has 0 aromatic heterocycles. The molecule has 1 saturated heterocycles. The molecule has 2 amide bonds. The minimum atomic E-state index is -4.12. The molecule has 0 bridgehead atoms. The SMILES string of the molecule is N#Cc1ccc(Cl)c(S(=O)(=O)N2CC(=O)NC(=O)C2)c1. The van der Waals surface area contributed by atoms with Crippen molar-refractivity contribution in [1.29, 1.82) is 5.26 Å². The van der Waals surface area contributed by atoms with E-state index in [1.54, 1.807) is 6.07 Å². The van der Waals surface area contributed by atoms with Crippen LogP contribution in [0.4, 0.5) is 0 Å². The monoisotopic (exact) mass is 313 g/mol. The number of rotatable bonds is 2. The third-order valence-electron chi connectivity index (χ3n) is 2.60. The zero-order valence-electron chi connectivity index (χ0n) is 9.96. The number of hydrogen-bond donors (Lipinski definition) is 1. The fourth-order valence-electron chi connectivity index (χ4n) is 1.69. The van der Waals surface area contributed by atoms with Gasteiger partial charge in [0.05, 0.1) is 29.7 Å². The highest BCUT2D eigenvalue weighted by atomic mass is 35.5. The molecule has 1 fully saturated rings. The van der Waals surface area contributed by atoms with Gasteiger partial charge in [-0.05, 0) is 18.2 Å². The Hall–Kier alpha value is -1.95. The number of nitrogens with one attached hydrogen (secondary N) is 1. The van der Waals surface area contributed by atoms with Gasteiger partial charge in [-0.15, -0.1) is 0 Å². The Balaban J connectivity index is 2.48. The molecule has 1 heterocycles. The van der Waals surface area contributed by atoms with Crippen molar-refractivity contribution >= 4 is 33.4 Å². The number of carbonyl (C=O) groups is 2. The molecule has 0 spiro atoms. The van der Waals surface area contributed by atoms with Gasteiger partial charge in [0.1, 0.15) is 4.90 Å². The maximum atomic E-state index is 12.4. The van der Waals surface area contributed by atoms with Crippen molar-refractivity contribution in [2.45, 2.75) is 4.90 Å². The molecule has 2 rings (SSSR count). The highest BCUT2D eigenvalue weighted by molar-refractivity contribution is 7.89. The van der Waals surface area contributed by atoms with E-state index in [2.05, 4.69) is 0 Å². The maximum absolute atomic E-state index is 12.4. The van der Waals surface area contributed by atoms with Crippen LogP contribution < -0.4 is 5.32 Å². The number of hydrogen-bond acceptors (Lipinski definition) is 5. The minimum absolute atomic E-state index is 0.0811. The maximum Gasteiger partial charge on any atom is 0.245 e. The summed E-state index contributed by atoms with van der Waals surface area (Å²) >= 11 is 5.83. The fraction of sp³-hybridized carbons (Fsp3) is 0.182. The molecule has 0 radical (unpaired) electrons. The average molecular weight is 314 g/mol. The van der Waals surface area contributed by atoms with Crippen LogP contribution in [-0.4, -0.2) is 37.6 Å². The molecule has 9 heteroatoms. The first-order chi connectivity index (χ1) is 9.34. The molecule has 7 nitrogen and oxygen atoms in total. The van der Waals surface area contributed by atoms with Crippen LogP contribution in [0.1, 0.15) is 5.56 Å². The molecule has 20 heavy (non-hydrogen) atoms. The van der Waals surface area contributed by atoms with Crippen molar-refractivity contribution in [1.82, 2.24) is 9.62 Å². The molecule has 104 valence electrons. The van der Waals surface area contributed by atoms with E-state index < -0.39 is 34.9 Å². The zero-order chi connectivity index (χ0) is 14.9. The molecule has 0 aliphatic carbocycles. The third kappa shape index (κ3) is 2.65. The second-order valence-electron chi connectivity index (χ2n) is 4.00. The van der Waals surface area contributed by atoms with Crippen molar-refractivity contribution in [2.75, 3.05) is 13.1 Å². The van der Waals surface area contributed by atoms with E-state index in [0.29, 0.717) is 0 Å². The summed E-state index contributed by atoms with van der Waals surface area (Å²) in [5.74, 6) is -1.42. The van der Waals surface area contributed by atoms with E-state index in [9.17, 15) is 18.0 Å². The van der Waals surface area contributed by atoms with Crippen LogP contribution in [0.2, 0.25) is 5.02 Å². The number of piperazine rings is 1. The lowest BCUT2D eigenvalue weighted by Crippen LogP contribution is -2.53. The Labute approximate surface area is 119 Å². The average Bonchev–Trinajstić information content (AvgIpc) is 2.38. The lowest BCUT2D eigenvalue weighted by Gasteiger charge is -2.25. The molecule has 1 aromatic carbocycles. The first-order valence-corrected chi connectivity index (χ1v) is 7.19. The van der Waals surface area contributed by atoms with Gasteiger partial charge in [0.15, 0.2) is 0 Å². The van der Waals surface area contributed by atoms with Crippen LogP contribution in [0.3, 0.4) is 0 Å². The summed E-state index contributed by atoms with van der Waals surface area (Å²) in [6, 6.07) is 5.55. The Kier molecular flexibility index (Phi) is 3.76. The second kappa shape index (κ2) is 5.20. The van der Waals surface area contributed by atoms with Crippen molar-refractivity contribution < 1.29 is 18.0 Å². The van der Waals surface area contributed by atoms with Crippen LogP contribution in [0.15, 0.2) is 23.1 Å². The van der Waals surface area contributed by atoms with Gasteiger partial charge in [-0.1, -0.05) is 11.6 Å². The van der Waals surface area contributed by atoms with Gasteiger partial charge in [0.2, 0.25) is 21.8 Å². The normalized spacial score (nSPS) is 16.6. The molecule has 1 aliphatic rings. The van der Waals surface area contributed by atoms with Crippen molar-refractivity contribution in [3.63, 3.8) is 0 Å². The Morgan fingerprint density at radius 1 is 1.25 bits per heavy atom. The highest BCUT2D eigenvalue weighted by Crippen LogP contribution is 2.26. The Bertz CT molecular complexity index is 723. The Morgan fingerprint density at radius 3 is 2.40 bits per heavy atom. The predicted octanol–water partition coefficient (Wildman–Crippen LogP) is -0.141. The summed E-state index contributed by atoms with van der Waals surface area (Å²) < 4.78 is 25.5. The summed E-state index contributed by atoms with van der Waals surface area (Å²) in [6.07, 6.45) is 0. The zero-order valence-corrected chi connectivity index (χ0v) is 11.5. The number of carbonyl (C=O) groups excluding carboxylic acids is 2. The fourth-order valence-corrected chi connectivity index (χ4v) is 3.54. The number of nitrogens with zero attached hydrogens (tertiary/aromatic N) is 2. The number of sulfonamides is 1. The summed E-state index contributed by atoms with van der Waals surface area (Å²) in [5.41, 5.74) is 0.112. The molecule has 1 aromatic rings. The number of nitriles is 1. The number of benzene rings is 1. The van der Waals surface area contributed by atoms with Crippen molar-refractivity contribution in [3.8, 4) is 6.07 Å². The van der Waals surface area contributed by atoms with Gasteiger partial charge in [0.25, 0.3) is 0 Å². The second-order valence-corrected chi connectivity index (χ2v) is 6.32. The van der Waals surface area contributed by atoms with E-state index in [1.807, 2.05) is 5.32 Å². The molecule has 0 unspecified atom stereocenters. The van der Waals surface area contributed by atoms with Gasteiger partial charge < -0.3 is 0 Å². The minimum Gasteiger partial charge on any atom is -0.294 e. The van der Waals surface area contributed by atoms with Crippen molar-refractivity contribution in [3.05, 3.63) is 28.8 Å². The molecular weight excluding hydrogens is 306 g/mol. The highest BCUT2D eigenvalue weighted by Gasteiger charge is 2.34. The first kappa shape index (κ1) is 14.5. The van der Waals surface area contributed by atoms with Gasteiger partial charge >= 0.3 is 0 Å². The first-order valence-electron chi connectivity index (χ1n) is 5.37. The standard InChI is InChI=1S/C11H8ClN3O4S/c12-8-2-1-7(4-13)3-9(8)20(18,19)15-5-10(16)14-11(17)6-15/h1-3H,5-6H2,(H,14,16,17). The van der Waals surface area contributed by atoms with Crippen LogP contribution >= 0.6 is 11.6 Å². The van der Waals surface area contributed by atoms with E-state index in [0.717, 1.165) is 10.4 Å². The van der Waals surface area contributed by atoms with Gasteiger partial charge in [-0.25, -0.2) is 8.42 Å². The predicted molar refractivity (Wildman–Crippen MR) is 68.1 cm³/mol. The summed E-state index contributed by atoms with van der Waals surface area (Å²) in [6.45, 7) is -0.942. The summed E-state index contributed by atoms with van der Waals surface area (Å²) in [4.78, 5) is 22.2. The van der Waals surface area contributed by atoms with E-state index >= 15 is 0 Å². The quantitative estimate of drug-likeness (QED) is 0.765. The van der Waals surface area contributed by atoms with Crippen LogP contribution in [0, 0.1) is 11.3 Å². The molecule has 1 N–H and O–H groups in total. The van der Waals surface area contributed by atoms with Crippen molar-refractivity contribution in [2.24, 2.45) is 0 Å². The smallest absolute Gasteiger partial charge is 0.245 e. The number of imide groups is 1. The summed E-state index contributed by atoms with van der Waals surface area (Å²) in [7, 11) is -4.12. The van der Waals surface area contributed by atoms with Crippen LogP contribution in [0.25, 0.3) is 0 Å². The summed E-state index contributed by atoms with van der Waals surface area (Å²) in [5, 5.41) is 10.7. The third-order valence-corrected chi connectivity index (χ3v) is 4.87. The van der Waals surface area contributed by atoms with Crippen LogP contribution in [-0.2, 0) is 19.6 Å². The molecule has 1 aliphatic heterocycles.